The molecule has 1 aliphatic heterocycles. The van der Waals surface area contributed by atoms with Gasteiger partial charge in [0.2, 0.25) is 11.9 Å². The second-order valence-corrected chi connectivity index (χ2v) is 6.78. The van der Waals surface area contributed by atoms with Crippen LogP contribution in [0.5, 0.6) is 0 Å². The van der Waals surface area contributed by atoms with Gasteiger partial charge < -0.3 is 20.6 Å². The molecular weight excluding hydrogens is 407 g/mol. The van der Waals surface area contributed by atoms with Gasteiger partial charge in [-0.05, 0) is 19.4 Å². The largest absolute Gasteiger partial charge is 0.465 e. The summed E-state index contributed by atoms with van der Waals surface area (Å²) in [6.45, 7) is 2.43. The molecule has 0 aromatic carbocycles. The summed E-state index contributed by atoms with van der Waals surface area (Å²) in [6, 6.07) is 0.913. The maximum absolute atomic E-state index is 13.3. The van der Waals surface area contributed by atoms with Crippen LogP contribution in [0.2, 0.25) is 0 Å². The number of nitrogens with one attached hydrogen (secondary N) is 2. The van der Waals surface area contributed by atoms with Crippen molar-refractivity contribution in [1.82, 2.24) is 30.4 Å². The van der Waals surface area contributed by atoms with E-state index >= 15 is 0 Å². The normalized spacial score (nSPS) is 16.1. The topological polar surface area (TPSA) is 125 Å². The molecule has 30 heavy (non-hydrogen) atoms. The molecule has 0 radical (unpaired) electrons. The molecule has 10 nitrogen and oxygen atoms in total. The number of rotatable bonds is 7. The Morgan fingerprint density at radius 2 is 2.00 bits per heavy atom. The van der Waals surface area contributed by atoms with Crippen LogP contribution < -0.4 is 15.5 Å². The Labute approximate surface area is 169 Å². The molecule has 3 N–H and O–H groups in total. The summed E-state index contributed by atoms with van der Waals surface area (Å²) in [6.07, 6.45) is -2.23. The average Bonchev–Trinajstić information content (AvgIpc) is 3.11. The predicted molar refractivity (Wildman–Crippen MR) is 98.7 cm³/mol. The van der Waals surface area contributed by atoms with E-state index in [0.717, 1.165) is 12.5 Å². The van der Waals surface area contributed by atoms with Crippen LogP contribution in [-0.2, 0) is 17.5 Å². The lowest BCUT2D eigenvalue weighted by molar-refractivity contribution is -0.141. The van der Waals surface area contributed by atoms with Crippen molar-refractivity contribution in [3.8, 4) is 11.3 Å². The van der Waals surface area contributed by atoms with Crippen molar-refractivity contribution in [3.05, 3.63) is 24.2 Å². The van der Waals surface area contributed by atoms with Crippen LogP contribution in [0, 0.1) is 0 Å². The Bertz CT molecular complexity index is 932. The molecule has 2 aromatic heterocycles. The Kier molecular flexibility index (Phi) is 6.08. The fourth-order valence-electron chi connectivity index (χ4n) is 2.83. The van der Waals surface area contributed by atoms with Crippen LogP contribution in [-0.4, -0.2) is 62.5 Å². The number of hydrogen-bond donors (Lipinski definition) is 3. The van der Waals surface area contributed by atoms with Crippen molar-refractivity contribution < 1.29 is 27.9 Å². The molecule has 0 unspecified atom stereocenters. The molecule has 2 amide bonds. The SMILES string of the molecule is C[C@H]1CCN1c1nc(-c2cnn(CC(=O)NCCNC(=O)O)c2)cc(C(F)(F)F)n1. The van der Waals surface area contributed by atoms with Gasteiger partial charge >= 0.3 is 12.3 Å². The molecule has 162 valence electrons. The zero-order chi connectivity index (χ0) is 21.9. The van der Waals surface area contributed by atoms with Gasteiger partial charge in [-0.15, -0.1) is 0 Å². The Morgan fingerprint density at radius 1 is 1.27 bits per heavy atom. The van der Waals surface area contributed by atoms with Gasteiger partial charge in [-0.3, -0.25) is 9.48 Å². The van der Waals surface area contributed by atoms with Crippen LogP contribution >= 0.6 is 0 Å². The highest BCUT2D eigenvalue weighted by Gasteiger charge is 2.36. The molecule has 1 saturated heterocycles. The van der Waals surface area contributed by atoms with E-state index < -0.39 is 23.9 Å². The van der Waals surface area contributed by atoms with Crippen molar-refractivity contribution in [1.29, 1.82) is 0 Å². The van der Waals surface area contributed by atoms with Crippen LogP contribution in [0.3, 0.4) is 0 Å². The third-order valence-corrected chi connectivity index (χ3v) is 4.54. The number of alkyl halides is 3. The Morgan fingerprint density at radius 3 is 2.60 bits per heavy atom. The molecule has 1 fully saturated rings. The molecule has 1 atom stereocenters. The number of carboxylic acid groups (broad SMARTS) is 1. The summed E-state index contributed by atoms with van der Waals surface area (Å²) in [5.74, 6) is -0.416. The van der Waals surface area contributed by atoms with E-state index in [-0.39, 0.29) is 37.3 Å². The van der Waals surface area contributed by atoms with Crippen LogP contribution in [0.4, 0.5) is 23.9 Å². The summed E-state index contributed by atoms with van der Waals surface area (Å²) in [5.41, 5.74) is -0.667. The molecule has 3 rings (SSSR count). The summed E-state index contributed by atoms with van der Waals surface area (Å²) >= 11 is 0. The van der Waals surface area contributed by atoms with Crippen molar-refractivity contribution in [2.24, 2.45) is 0 Å². The minimum Gasteiger partial charge on any atom is -0.465 e. The lowest BCUT2D eigenvalue weighted by Gasteiger charge is -2.38. The maximum atomic E-state index is 13.3. The highest BCUT2D eigenvalue weighted by molar-refractivity contribution is 5.76. The number of halogens is 3. The van der Waals surface area contributed by atoms with E-state index in [1.807, 2.05) is 6.92 Å². The number of carbonyl (C=O) groups excluding carboxylic acids is 1. The molecule has 2 aromatic rings. The Balaban J connectivity index is 1.73. The van der Waals surface area contributed by atoms with E-state index in [2.05, 4.69) is 25.7 Å². The first-order valence-electron chi connectivity index (χ1n) is 9.12. The molecule has 0 spiro atoms. The number of carbonyl (C=O) groups is 2. The van der Waals surface area contributed by atoms with Gasteiger partial charge in [-0.1, -0.05) is 0 Å². The second-order valence-electron chi connectivity index (χ2n) is 6.78. The lowest BCUT2D eigenvalue weighted by atomic mass is 10.1. The Hall–Kier alpha value is -3.38. The minimum atomic E-state index is -4.62. The molecule has 0 aliphatic carbocycles. The number of aromatic nitrogens is 4. The third-order valence-electron chi connectivity index (χ3n) is 4.54. The summed E-state index contributed by atoms with van der Waals surface area (Å²) in [5, 5.41) is 17.1. The van der Waals surface area contributed by atoms with Crippen molar-refractivity contribution in [3.63, 3.8) is 0 Å². The number of hydrogen-bond acceptors (Lipinski definition) is 6. The number of nitrogens with zero attached hydrogens (tertiary/aromatic N) is 5. The molecular formula is C17H20F3N7O3. The van der Waals surface area contributed by atoms with Crippen LogP contribution in [0.1, 0.15) is 19.0 Å². The van der Waals surface area contributed by atoms with E-state index in [1.165, 1.54) is 17.1 Å². The molecule has 0 saturated carbocycles. The highest BCUT2D eigenvalue weighted by atomic mass is 19.4. The van der Waals surface area contributed by atoms with Gasteiger partial charge in [-0.2, -0.15) is 18.3 Å². The van der Waals surface area contributed by atoms with Crippen molar-refractivity contribution in [2.75, 3.05) is 24.5 Å². The quantitative estimate of drug-likeness (QED) is 0.570. The first kappa shape index (κ1) is 21.3. The lowest BCUT2D eigenvalue weighted by Crippen LogP contribution is -2.46. The third kappa shape index (κ3) is 5.15. The van der Waals surface area contributed by atoms with Gasteiger partial charge in [0.15, 0.2) is 5.69 Å². The smallest absolute Gasteiger partial charge is 0.433 e. The molecule has 13 heteroatoms. The average molecular weight is 427 g/mol. The first-order valence-corrected chi connectivity index (χ1v) is 9.12. The van der Waals surface area contributed by atoms with E-state index in [0.29, 0.717) is 12.1 Å². The number of anilines is 1. The number of amides is 2. The summed E-state index contributed by atoms with van der Waals surface area (Å²) in [4.78, 5) is 31.8. The summed E-state index contributed by atoms with van der Waals surface area (Å²) in [7, 11) is 0. The van der Waals surface area contributed by atoms with E-state index in [4.69, 9.17) is 5.11 Å². The highest BCUT2D eigenvalue weighted by Crippen LogP contribution is 2.33. The van der Waals surface area contributed by atoms with E-state index in [9.17, 15) is 22.8 Å². The van der Waals surface area contributed by atoms with Gasteiger partial charge in [0.05, 0.1) is 11.9 Å². The molecule has 0 bridgehead atoms. The predicted octanol–water partition coefficient (Wildman–Crippen LogP) is 1.34. The van der Waals surface area contributed by atoms with E-state index in [1.54, 1.807) is 4.90 Å². The van der Waals surface area contributed by atoms with Crippen molar-refractivity contribution >= 4 is 17.9 Å². The van der Waals surface area contributed by atoms with Crippen LogP contribution in [0.15, 0.2) is 18.5 Å². The van der Waals surface area contributed by atoms with Crippen molar-refractivity contribution in [2.45, 2.75) is 32.1 Å². The van der Waals surface area contributed by atoms with Gasteiger partial charge in [-0.25, -0.2) is 14.8 Å². The molecule has 1 aliphatic rings. The standard InChI is InChI=1S/C17H20F3N7O3/c1-10-2-5-27(10)15-24-12(6-13(25-15)17(18,19)20)11-7-23-26(8-11)9-14(28)21-3-4-22-16(29)30/h6-8,10,22H,2-5,9H2,1H3,(H,21,28)(H,29,30)/t10-/m0/s1. The monoisotopic (exact) mass is 427 g/mol. The minimum absolute atomic E-state index is 0.00926. The fraction of sp³-hybridized carbons (Fsp3) is 0.471. The fourth-order valence-corrected chi connectivity index (χ4v) is 2.83. The van der Waals surface area contributed by atoms with Gasteiger partial charge in [0.1, 0.15) is 6.54 Å². The zero-order valence-electron chi connectivity index (χ0n) is 16.0. The van der Waals surface area contributed by atoms with Gasteiger partial charge in [0.25, 0.3) is 0 Å². The maximum Gasteiger partial charge on any atom is 0.433 e. The molecule has 3 heterocycles. The second kappa shape index (κ2) is 8.55. The summed E-state index contributed by atoms with van der Waals surface area (Å²) < 4.78 is 41.1. The van der Waals surface area contributed by atoms with Gasteiger partial charge in [0, 0.05) is 37.4 Å². The first-order chi connectivity index (χ1) is 14.1. The zero-order valence-corrected chi connectivity index (χ0v) is 16.0. The van der Waals surface area contributed by atoms with Crippen LogP contribution in [0.25, 0.3) is 11.3 Å².